The van der Waals surface area contributed by atoms with Gasteiger partial charge in [-0.15, -0.1) is 0 Å². The molecule has 1 amide bonds. The van der Waals surface area contributed by atoms with Crippen molar-refractivity contribution in [2.75, 3.05) is 5.32 Å². The lowest BCUT2D eigenvalue weighted by molar-refractivity contribution is -0.123. The van der Waals surface area contributed by atoms with E-state index in [1.54, 1.807) is 12.1 Å². The normalized spacial score (nSPS) is 11.8. The zero-order valence-electron chi connectivity index (χ0n) is 13.3. The molecule has 0 bridgehead atoms. The fourth-order valence-electron chi connectivity index (χ4n) is 1.91. The van der Waals surface area contributed by atoms with Crippen molar-refractivity contribution in [2.24, 2.45) is 0 Å². The van der Waals surface area contributed by atoms with Crippen LogP contribution in [0.25, 0.3) is 0 Å². The molecule has 0 heterocycles. The Bertz CT molecular complexity index is 817. The van der Waals surface area contributed by atoms with Gasteiger partial charge in [0, 0.05) is 10.7 Å². The van der Waals surface area contributed by atoms with Crippen LogP contribution in [0.4, 0.5) is 14.5 Å². The Morgan fingerprint density at radius 1 is 1.12 bits per heavy atom. The molecule has 0 spiro atoms. The number of carbonyl (C=O) groups is 2. The molecule has 9 heteroatoms. The second-order valence-corrected chi connectivity index (χ2v) is 5.91. The van der Waals surface area contributed by atoms with Gasteiger partial charge in [0.25, 0.3) is 5.91 Å². The van der Waals surface area contributed by atoms with Crippen LogP contribution in [0.3, 0.4) is 0 Å². The number of alkyl halides is 2. The predicted molar refractivity (Wildman–Crippen MR) is 93.0 cm³/mol. The quantitative estimate of drug-likeness (QED) is 0.704. The smallest absolute Gasteiger partial charge is 0.387 e. The van der Waals surface area contributed by atoms with Gasteiger partial charge < -0.3 is 14.8 Å². The highest BCUT2D eigenvalue weighted by molar-refractivity contribution is 6.32. The molecule has 1 atom stereocenters. The van der Waals surface area contributed by atoms with Gasteiger partial charge >= 0.3 is 12.6 Å². The summed E-state index contributed by atoms with van der Waals surface area (Å²) in [5.74, 6) is -1.56. The van der Waals surface area contributed by atoms with Crippen molar-refractivity contribution < 1.29 is 27.8 Å². The molecule has 5 nitrogen and oxygen atoms in total. The van der Waals surface area contributed by atoms with Crippen molar-refractivity contribution in [3.63, 3.8) is 0 Å². The number of amides is 1. The molecule has 2 rings (SSSR count). The van der Waals surface area contributed by atoms with Crippen LogP contribution in [0.1, 0.15) is 17.3 Å². The van der Waals surface area contributed by atoms with Gasteiger partial charge in [-0.25, -0.2) is 4.79 Å². The predicted octanol–water partition coefficient (Wildman–Crippen LogP) is 4.78. The standard InChI is InChI=1S/C17H13Cl2F2NO4/c1-9(25-16(24)10-3-2-4-11(18)7-10)15(23)22-12-5-6-14(13(19)8-12)26-17(20)21/h2-9,17H,1H3,(H,22,23). The third kappa shape index (κ3) is 5.57. The molecule has 2 aromatic rings. The highest BCUT2D eigenvalue weighted by Crippen LogP contribution is 2.29. The third-order valence-corrected chi connectivity index (χ3v) is 3.66. The van der Waals surface area contributed by atoms with Crippen LogP contribution >= 0.6 is 23.2 Å². The SMILES string of the molecule is CC(OC(=O)c1cccc(Cl)c1)C(=O)Nc1ccc(OC(F)F)c(Cl)c1. The van der Waals surface area contributed by atoms with E-state index in [9.17, 15) is 18.4 Å². The van der Waals surface area contributed by atoms with E-state index in [1.807, 2.05) is 0 Å². The highest BCUT2D eigenvalue weighted by atomic mass is 35.5. The summed E-state index contributed by atoms with van der Waals surface area (Å²) in [6.07, 6.45) is -1.11. The number of halogens is 4. The van der Waals surface area contributed by atoms with Gasteiger partial charge in [-0.3, -0.25) is 4.79 Å². The number of anilines is 1. The molecule has 1 unspecified atom stereocenters. The lowest BCUT2D eigenvalue weighted by atomic mass is 10.2. The molecule has 0 radical (unpaired) electrons. The van der Waals surface area contributed by atoms with Crippen LogP contribution in [0.5, 0.6) is 5.75 Å². The van der Waals surface area contributed by atoms with Gasteiger partial charge in [-0.05, 0) is 43.3 Å². The lowest BCUT2D eigenvalue weighted by Gasteiger charge is -2.14. The first kappa shape index (κ1) is 19.9. The number of carbonyl (C=O) groups excluding carboxylic acids is 2. The maximum Gasteiger partial charge on any atom is 0.387 e. The second-order valence-electron chi connectivity index (χ2n) is 5.07. The van der Waals surface area contributed by atoms with Crippen LogP contribution in [0.15, 0.2) is 42.5 Å². The van der Waals surface area contributed by atoms with Gasteiger partial charge in [0.1, 0.15) is 5.75 Å². The zero-order valence-corrected chi connectivity index (χ0v) is 14.9. The fourth-order valence-corrected chi connectivity index (χ4v) is 2.33. The summed E-state index contributed by atoms with van der Waals surface area (Å²) in [6, 6.07) is 9.84. The molecule has 0 fully saturated rings. The first-order valence-electron chi connectivity index (χ1n) is 7.28. The van der Waals surface area contributed by atoms with Crippen molar-refractivity contribution in [3.05, 3.63) is 58.1 Å². The molecule has 26 heavy (non-hydrogen) atoms. The molecule has 0 aromatic heterocycles. The molecule has 1 N–H and O–H groups in total. The average Bonchev–Trinajstić information content (AvgIpc) is 2.56. The Morgan fingerprint density at radius 2 is 1.85 bits per heavy atom. The number of rotatable bonds is 6. The fraction of sp³-hybridized carbons (Fsp3) is 0.176. The minimum Gasteiger partial charge on any atom is -0.449 e. The molecule has 0 saturated carbocycles. The highest BCUT2D eigenvalue weighted by Gasteiger charge is 2.20. The van der Waals surface area contributed by atoms with Crippen LogP contribution in [0, 0.1) is 0 Å². The van der Waals surface area contributed by atoms with Gasteiger partial charge in [0.15, 0.2) is 6.10 Å². The maximum atomic E-state index is 12.2. The van der Waals surface area contributed by atoms with Crippen molar-refractivity contribution in [1.82, 2.24) is 0 Å². The van der Waals surface area contributed by atoms with Crippen LogP contribution in [-0.2, 0) is 9.53 Å². The minimum absolute atomic E-state index is 0.105. The van der Waals surface area contributed by atoms with Crippen molar-refractivity contribution in [2.45, 2.75) is 19.6 Å². The van der Waals surface area contributed by atoms with E-state index in [4.69, 9.17) is 27.9 Å². The van der Waals surface area contributed by atoms with E-state index >= 15 is 0 Å². The molecule has 0 aliphatic carbocycles. The molecule has 2 aromatic carbocycles. The lowest BCUT2D eigenvalue weighted by Crippen LogP contribution is -2.30. The van der Waals surface area contributed by atoms with E-state index in [1.165, 1.54) is 37.3 Å². The number of hydrogen-bond donors (Lipinski definition) is 1. The summed E-state index contributed by atoms with van der Waals surface area (Å²) in [6.45, 7) is -1.63. The monoisotopic (exact) mass is 403 g/mol. The van der Waals surface area contributed by atoms with E-state index in [-0.39, 0.29) is 22.0 Å². The molecule has 0 saturated heterocycles. The molecule has 0 aliphatic heterocycles. The van der Waals surface area contributed by atoms with Gasteiger partial charge in [0.05, 0.1) is 10.6 Å². The molecular weight excluding hydrogens is 391 g/mol. The summed E-state index contributed by atoms with van der Waals surface area (Å²) < 4.78 is 33.7. The minimum atomic E-state index is -3.01. The molecular formula is C17H13Cl2F2NO4. The van der Waals surface area contributed by atoms with E-state index in [0.29, 0.717) is 5.02 Å². The number of esters is 1. The Kier molecular flexibility index (Phi) is 6.76. The third-order valence-electron chi connectivity index (χ3n) is 3.13. The summed E-state index contributed by atoms with van der Waals surface area (Å²) in [7, 11) is 0. The van der Waals surface area contributed by atoms with Crippen LogP contribution in [0.2, 0.25) is 10.0 Å². The first-order chi connectivity index (χ1) is 12.3. The van der Waals surface area contributed by atoms with Crippen molar-refractivity contribution in [3.8, 4) is 5.75 Å². The van der Waals surface area contributed by atoms with E-state index < -0.39 is 24.6 Å². The summed E-state index contributed by atoms with van der Waals surface area (Å²) in [5.41, 5.74) is 0.431. The van der Waals surface area contributed by atoms with Crippen LogP contribution < -0.4 is 10.1 Å². The van der Waals surface area contributed by atoms with Crippen LogP contribution in [-0.4, -0.2) is 24.6 Å². The zero-order chi connectivity index (χ0) is 19.3. The first-order valence-corrected chi connectivity index (χ1v) is 8.03. The summed E-state index contributed by atoms with van der Waals surface area (Å²) >= 11 is 11.6. The number of nitrogens with one attached hydrogen (secondary N) is 1. The van der Waals surface area contributed by atoms with E-state index in [0.717, 1.165) is 0 Å². The van der Waals surface area contributed by atoms with Gasteiger partial charge in [0.2, 0.25) is 0 Å². The Labute approximate surface area is 157 Å². The topological polar surface area (TPSA) is 64.6 Å². The second kappa shape index (κ2) is 8.82. The Balaban J connectivity index is 1.98. The van der Waals surface area contributed by atoms with Crippen molar-refractivity contribution in [1.29, 1.82) is 0 Å². The van der Waals surface area contributed by atoms with Crippen molar-refractivity contribution >= 4 is 40.8 Å². The largest absolute Gasteiger partial charge is 0.449 e. The van der Waals surface area contributed by atoms with E-state index in [2.05, 4.69) is 10.1 Å². The molecule has 138 valence electrons. The number of benzene rings is 2. The molecule has 0 aliphatic rings. The van der Waals surface area contributed by atoms with Gasteiger partial charge in [-0.1, -0.05) is 29.3 Å². The summed E-state index contributed by atoms with van der Waals surface area (Å²) in [4.78, 5) is 24.1. The number of ether oxygens (including phenoxy) is 2. The number of hydrogen-bond acceptors (Lipinski definition) is 4. The average molecular weight is 404 g/mol. The Morgan fingerprint density at radius 3 is 2.46 bits per heavy atom. The summed E-state index contributed by atoms with van der Waals surface area (Å²) in [5, 5.41) is 2.72. The maximum absolute atomic E-state index is 12.2. The Hall–Kier alpha value is -2.38. The van der Waals surface area contributed by atoms with Gasteiger partial charge in [-0.2, -0.15) is 8.78 Å².